The largest absolute Gasteiger partial charge is 0.484 e. The number of carbonyl (C=O) groups excluding carboxylic acids is 3. The molecular formula is C19H27NO6. The van der Waals surface area contributed by atoms with Crippen molar-refractivity contribution in [1.29, 1.82) is 0 Å². The molecule has 0 saturated carbocycles. The summed E-state index contributed by atoms with van der Waals surface area (Å²) in [5.41, 5.74) is 1.24. The number of rotatable bonds is 10. The quantitative estimate of drug-likeness (QED) is 0.388. The number of benzene rings is 1. The fourth-order valence-corrected chi connectivity index (χ4v) is 2.13. The van der Waals surface area contributed by atoms with Crippen LogP contribution < -0.4 is 10.1 Å². The Morgan fingerprint density at radius 3 is 2.27 bits per heavy atom. The molecular weight excluding hydrogens is 338 g/mol. The highest BCUT2D eigenvalue weighted by molar-refractivity contribution is 6.06. The first-order valence-electron chi connectivity index (χ1n) is 8.44. The lowest BCUT2D eigenvalue weighted by atomic mass is 9.82. The third kappa shape index (κ3) is 6.57. The van der Waals surface area contributed by atoms with Crippen LogP contribution in [0.4, 0.5) is 0 Å². The number of hydrogen-bond donors (Lipinski definition) is 1. The van der Waals surface area contributed by atoms with Gasteiger partial charge in [-0.3, -0.25) is 19.7 Å². The van der Waals surface area contributed by atoms with Gasteiger partial charge in [0.2, 0.25) is 5.91 Å². The summed E-state index contributed by atoms with van der Waals surface area (Å²) in [5, 5.41) is 2.13. The minimum absolute atomic E-state index is 0.0638. The summed E-state index contributed by atoms with van der Waals surface area (Å²) < 4.78 is 5.39. The number of imide groups is 1. The molecule has 0 aliphatic carbocycles. The average Bonchev–Trinajstić information content (AvgIpc) is 2.60. The molecule has 7 nitrogen and oxygen atoms in total. The van der Waals surface area contributed by atoms with E-state index in [-0.39, 0.29) is 18.6 Å². The number of ketones is 1. The Morgan fingerprint density at radius 1 is 1.15 bits per heavy atom. The predicted molar refractivity (Wildman–Crippen MR) is 95.5 cm³/mol. The number of Topliss-reactive ketones (excluding diaryl/α,β-unsaturated/α-hetero) is 1. The summed E-state index contributed by atoms with van der Waals surface area (Å²) in [6.45, 7) is 7.07. The van der Waals surface area contributed by atoms with Crippen LogP contribution in [0, 0.1) is 5.92 Å². The lowest BCUT2D eigenvalue weighted by Gasteiger charge is -2.23. The van der Waals surface area contributed by atoms with Crippen molar-refractivity contribution in [3.8, 4) is 5.75 Å². The van der Waals surface area contributed by atoms with Gasteiger partial charge in [-0.05, 0) is 36.5 Å². The Morgan fingerprint density at radius 2 is 1.77 bits per heavy atom. The fraction of sp³-hybridized carbons (Fsp3) is 0.526. The Kier molecular flexibility index (Phi) is 8.41. The molecule has 0 aliphatic rings. The summed E-state index contributed by atoms with van der Waals surface area (Å²) in [7, 11) is 1.26. The van der Waals surface area contributed by atoms with Crippen LogP contribution in [0.1, 0.15) is 39.7 Å². The summed E-state index contributed by atoms with van der Waals surface area (Å²) in [4.78, 5) is 44.3. The van der Waals surface area contributed by atoms with Crippen LogP contribution in [-0.4, -0.2) is 37.9 Å². The topological polar surface area (TPSA) is 90.9 Å². The van der Waals surface area contributed by atoms with Gasteiger partial charge in [0.15, 0.2) is 6.61 Å². The first kappa shape index (κ1) is 21.8. The molecule has 0 heterocycles. The van der Waals surface area contributed by atoms with E-state index >= 15 is 0 Å². The number of hydrogen-bond acceptors (Lipinski definition) is 6. The van der Waals surface area contributed by atoms with Gasteiger partial charge in [-0.2, -0.15) is 0 Å². The summed E-state index contributed by atoms with van der Waals surface area (Å²) in [6.07, 6.45) is 1.00. The van der Waals surface area contributed by atoms with E-state index < -0.39 is 23.5 Å². The molecule has 0 bridgehead atoms. The maximum atomic E-state index is 12.0. The molecule has 1 N–H and O–H groups in total. The average molecular weight is 365 g/mol. The van der Waals surface area contributed by atoms with Crippen molar-refractivity contribution in [3.05, 3.63) is 29.8 Å². The first-order chi connectivity index (χ1) is 12.2. The Bertz CT molecular complexity index is 623. The molecule has 1 atom stereocenters. The maximum absolute atomic E-state index is 12.0. The maximum Gasteiger partial charge on any atom is 0.264 e. The molecule has 0 fully saturated rings. The molecule has 144 valence electrons. The highest BCUT2D eigenvalue weighted by Gasteiger charge is 2.26. The van der Waals surface area contributed by atoms with E-state index in [1.165, 1.54) is 19.6 Å². The van der Waals surface area contributed by atoms with Gasteiger partial charge in [-0.25, -0.2) is 9.78 Å². The molecule has 0 spiro atoms. The van der Waals surface area contributed by atoms with Gasteiger partial charge in [-0.1, -0.05) is 32.9 Å². The molecule has 1 aromatic carbocycles. The molecule has 1 unspecified atom stereocenters. The Hall–Kier alpha value is -2.25. The Labute approximate surface area is 153 Å². The fourth-order valence-electron chi connectivity index (χ4n) is 2.13. The first-order valence-corrected chi connectivity index (χ1v) is 8.44. The van der Waals surface area contributed by atoms with Gasteiger partial charge in [-0.15, -0.1) is 0 Å². The lowest BCUT2D eigenvalue weighted by molar-refractivity contribution is -0.276. The van der Waals surface area contributed by atoms with E-state index in [1.54, 1.807) is 12.1 Å². The van der Waals surface area contributed by atoms with Crippen LogP contribution in [0.5, 0.6) is 5.75 Å². The minimum atomic E-state index is -1.12. The van der Waals surface area contributed by atoms with E-state index in [9.17, 15) is 14.4 Å². The standard InChI is InChI=1S/C19H27NO6/c1-6-19(3,4)14-7-9-15(10-8-14)25-12-17(22)20-18(23)16(13(2)21)11-26-24-5/h7-10,16H,6,11-12H2,1-5H3,(H,20,22,23). The molecule has 2 amide bonds. The van der Waals surface area contributed by atoms with E-state index in [2.05, 4.69) is 35.9 Å². The van der Waals surface area contributed by atoms with Crippen molar-refractivity contribution in [1.82, 2.24) is 5.32 Å². The SMILES string of the molecule is CCC(C)(C)c1ccc(OCC(=O)NC(=O)C(COOC)C(C)=O)cc1. The van der Waals surface area contributed by atoms with Gasteiger partial charge in [0.25, 0.3) is 5.91 Å². The molecule has 1 aromatic rings. The summed E-state index contributed by atoms with van der Waals surface area (Å²) in [5.74, 6) is -2.41. The number of ether oxygens (including phenoxy) is 1. The highest BCUT2D eigenvalue weighted by atomic mass is 17.2. The molecule has 26 heavy (non-hydrogen) atoms. The van der Waals surface area contributed by atoms with E-state index in [4.69, 9.17) is 4.74 Å². The zero-order valence-electron chi connectivity index (χ0n) is 16.0. The van der Waals surface area contributed by atoms with Crippen LogP contribution in [0.2, 0.25) is 0 Å². The zero-order chi connectivity index (χ0) is 19.7. The van der Waals surface area contributed by atoms with Crippen LogP contribution in [0.15, 0.2) is 24.3 Å². The molecule has 0 saturated heterocycles. The molecule has 0 aromatic heterocycles. The number of carbonyl (C=O) groups is 3. The normalized spacial score (nSPS) is 12.3. The minimum Gasteiger partial charge on any atom is -0.484 e. The van der Waals surface area contributed by atoms with Gasteiger partial charge >= 0.3 is 0 Å². The monoisotopic (exact) mass is 365 g/mol. The lowest BCUT2D eigenvalue weighted by Crippen LogP contribution is -2.42. The van der Waals surface area contributed by atoms with Gasteiger partial charge < -0.3 is 4.74 Å². The van der Waals surface area contributed by atoms with Crippen LogP contribution in [0.25, 0.3) is 0 Å². The third-order valence-corrected chi connectivity index (χ3v) is 4.31. The van der Waals surface area contributed by atoms with E-state index in [0.29, 0.717) is 5.75 Å². The van der Waals surface area contributed by atoms with Crippen LogP contribution >= 0.6 is 0 Å². The second-order valence-corrected chi connectivity index (χ2v) is 6.58. The van der Waals surface area contributed by atoms with Gasteiger partial charge in [0.1, 0.15) is 24.1 Å². The van der Waals surface area contributed by atoms with E-state index in [1.807, 2.05) is 12.1 Å². The number of nitrogens with one attached hydrogen (secondary N) is 1. The Balaban J connectivity index is 2.55. The van der Waals surface area contributed by atoms with Crippen molar-refractivity contribution in [2.45, 2.75) is 39.5 Å². The second-order valence-electron chi connectivity index (χ2n) is 6.58. The van der Waals surface area contributed by atoms with E-state index in [0.717, 1.165) is 6.42 Å². The van der Waals surface area contributed by atoms with Crippen LogP contribution in [-0.2, 0) is 29.6 Å². The molecule has 1 rings (SSSR count). The molecule has 0 aliphatic heterocycles. The molecule has 7 heteroatoms. The van der Waals surface area contributed by atoms with Crippen molar-refractivity contribution >= 4 is 17.6 Å². The summed E-state index contributed by atoms with van der Waals surface area (Å²) in [6, 6.07) is 7.48. The molecule has 0 radical (unpaired) electrons. The zero-order valence-corrected chi connectivity index (χ0v) is 16.0. The van der Waals surface area contributed by atoms with Crippen molar-refractivity contribution in [2.75, 3.05) is 20.3 Å². The van der Waals surface area contributed by atoms with Gasteiger partial charge in [0, 0.05) is 0 Å². The van der Waals surface area contributed by atoms with Crippen molar-refractivity contribution < 1.29 is 28.9 Å². The van der Waals surface area contributed by atoms with Crippen LogP contribution in [0.3, 0.4) is 0 Å². The third-order valence-electron chi connectivity index (χ3n) is 4.31. The van der Waals surface area contributed by atoms with Crippen molar-refractivity contribution in [2.24, 2.45) is 5.92 Å². The summed E-state index contributed by atoms with van der Waals surface area (Å²) >= 11 is 0. The van der Waals surface area contributed by atoms with Gasteiger partial charge in [0.05, 0.1) is 7.11 Å². The second kappa shape index (κ2) is 10.0. The number of amides is 2. The smallest absolute Gasteiger partial charge is 0.264 e. The van der Waals surface area contributed by atoms with Crippen molar-refractivity contribution in [3.63, 3.8) is 0 Å². The highest BCUT2D eigenvalue weighted by Crippen LogP contribution is 2.27. The predicted octanol–water partition coefficient (Wildman–Crippen LogP) is 2.18.